The van der Waals surface area contributed by atoms with Gasteiger partial charge in [0.1, 0.15) is 10.6 Å². The number of nitrogens with one attached hydrogen (secondary N) is 1. The fourth-order valence-electron chi connectivity index (χ4n) is 2.67. The second-order valence-electron chi connectivity index (χ2n) is 5.54. The Hall–Kier alpha value is -2.87. The number of aromatic amines is 1. The summed E-state index contributed by atoms with van der Waals surface area (Å²) in [5.74, 6) is 0.223. The summed E-state index contributed by atoms with van der Waals surface area (Å²) in [5, 5.41) is 2.29. The number of rotatable bonds is 6. The van der Waals surface area contributed by atoms with Crippen molar-refractivity contribution in [3.05, 3.63) is 50.5 Å². The number of methoxy groups -OCH3 is 1. The molecule has 3 rings (SSSR count). The Morgan fingerprint density at radius 2 is 2.16 bits per heavy atom. The average molecular weight is 359 g/mol. The molecular weight excluding hydrogens is 342 g/mol. The number of primary amides is 1. The van der Waals surface area contributed by atoms with Crippen LogP contribution in [0.4, 0.5) is 0 Å². The topological polar surface area (TPSA) is 107 Å². The Kier molecular flexibility index (Phi) is 4.71. The summed E-state index contributed by atoms with van der Waals surface area (Å²) in [4.78, 5) is 39.1. The predicted octanol–water partition coefficient (Wildman–Crippen LogP) is 1.69. The molecule has 1 amide bonds. The van der Waals surface area contributed by atoms with Crippen LogP contribution in [-0.2, 0) is 11.3 Å². The zero-order valence-electron chi connectivity index (χ0n) is 13.6. The Balaban J connectivity index is 2.11. The Labute approximate surface area is 146 Å². The molecule has 2 aromatic heterocycles. The molecule has 8 heteroatoms. The normalized spacial score (nSPS) is 10.9. The molecule has 1 aromatic carbocycles. The molecule has 0 saturated heterocycles. The highest BCUT2D eigenvalue weighted by atomic mass is 32.1. The molecule has 130 valence electrons. The zero-order chi connectivity index (χ0) is 18.0. The SMILES string of the molecule is COc1cccc(-c2csc3[nH]c(=O)n(CCCC(N)=O)c(=O)c23)c1. The van der Waals surface area contributed by atoms with Crippen LogP contribution in [0.2, 0.25) is 0 Å². The number of amides is 1. The van der Waals surface area contributed by atoms with Crippen molar-refractivity contribution in [1.29, 1.82) is 0 Å². The van der Waals surface area contributed by atoms with Crippen LogP contribution in [-0.4, -0.2) is 22.6 Å². The van der Waals surface area contributed by atoms with Crippen molar-refractivity contribution in [3.63, 3.8) is 0 Å². The number of benzene rings is 1. The van der Waals surface area contributed by atoms with E-state index in [1.54, 1.807) is 7.11 Å². The van der Waals surface area contributed by atoms with Crippen LogP contribution in [0.1, 0.15) is 12.8 Å². The van der Waals surface area contributed by atoms with Gasteiger partial charge in [-0.15, -0.1) is 11.3 Å². The van der Waals surface area contributed by atoms with E-state index in [9.17, 15) is 14.4 Å². The molecule has 2 heterocycles. The van der Waals surface area contributed by atoms with E-state index in [1.165, 1.54) is 11.3 Å². The molecule has 0 aliphatic carbocycles. The quantitative estimate of drug-likeness (QED) is 0.698. The second-order valence-corrected chi connectivity index (χ2v) is 6.42. The molecule has 0 bridgehead atoms. The maximum absolute atomic E-state index is 12.8. The third-order valence-electron chi connectivity index (χ3n) is 3.90. The monoisotopic (exact) mass is 359 g/mol. The lowest BCUT2D eigenvalue weighted by atomic mass is 10.1. The molecule has 7 nitrogen and oxygen atoms in total. The van der Waals surface area contributed by atoms with Gasteiger partial charge in [0.2, 0.25) is 5.91 Å². The fraction of sp³-hybridized carbons (Fsp3) is 0.235. The standard InChI is InChI=1S/C17H17N3O4S/c1-24-11-5-2-4-10(8-11)12-9-25-15-14(12)16(22)20(17(23)19-15)7-3-6-13(18)21/h2,4-5,8-9H,3,6-7H2,1H3,(H2,18,21)(H,19,23). The summed E-state index contributed by atoms with van der Waals surface area (Å²) < 4.78 is 6.34. The lowest BCUT2D eigenvalue weighted by Gasteiger charge is -2.06. The highest BCUT2D eigenvalue weighted by molar-refractivity contribution is 7.17. The largest absolute Gasteiger partial charge is 0.497 e. The molecule has 0 saturated carbocycles. The minimum absolute atomic E-state index is 0.121. The Morgan fingerprint density at radius 3 is 2.88 bits per heavy atom. The summed E-state index contributed by atoms with van der Waals surface area (Å²) >= 11 is 1.30. The van der Waals surface area contributed by atoms with Crippen LogP contribution >= 0.6 is 11.3 Å². The van der Waals surface area contributed by atoms with E-state index < -0.39 is 11.6 Å². The fourth-order valence-corrected chi connectivity index (χ4v) is 3.62. The van der Waals surface area contributed by atoms with E-state index in [2.05, 4.69) is 4.98 Å². The first-order valence-corrected chi connectivity index (χ1v) is 8.56. The van der Waals surface area contributed by atoms with Gasteiger partial charge >= 0.3 is 5.69 Å². The maximum Gasteiger partial charge on any atom is 0.329 e. The predicted molar refractivity (Wildman–Crippen MR) is 97.1 cm³/mol. The Bertz CT molecular complexity index is 1050. The first-order chi connectivity index (χ1) is 12.0. The van der Waals surface area contributed by atoms with Gasteiger partial charge < -0.3 is 10.5 Å². The van der Waals surface area contributed by atoms with Crippen molar-refractivity contribution in [2.24, 2.45) is 5.73 Å². The number of carbonyl (C=O) groups excluding carboxylic acids is 1. The van der Waals surface area contributed by atoms with E-state index in [-0.39, 0.29) is 18.5 Å². The minimum atomic E-state index is -0.485. The Morgan fingerprint density at radius 1 is 1.36 bits per heavy atom. The lowest BCUT2D eigenvalue weighted by molar-refractivity contribution is -0.118. The number of nitrogens with two attached hydrogens (primary N) is 1. The first-order valence-electron chi connectivity index (χ1n) is 7.68. The molecule has 0 unspecified atom stereocenters. The van der Waals surface area contributed by atoms with Gasteiger partial charge in [0.05, 0.1) is 12.5 Å². The average Bonchev–Trinajstić information content (AvgIpc) is 3.01. The van der Waals surface area contributed by atoms with Crippen molar-refractivity contribution in [2.45, 2.75) is 19.4 Å². The highest BCUT2D eigenvalue weighted by Gasteiger charge is 2.15. The summed E-state index contributed by atoms with van der Waals surface area (Å²) in [7, 11) is 1.58. The first kappa shape index (κ1) is 17.0. The molecule has 0 aliphatic rings. The van der Waals surface area contributed by atoms with E-state index >= 15 is 0 Å². The smallest absolute Gasteiger partial charge is 0.329 e. The van der Waals surface area contributed by atoms with Gasteiger partial charge in [0.15, 0.2) is 0 Å². The molecule has 0 radical (unpaired) electrons. The molecule has 3 N–H and O–H groups in total. The van der Waals surface area contributed by atoms with Gasteiger partial charge in [-0.05, 0) is 24.1 Å². The summed E-state index contributed by atoms with van der Waals surface area (Å²) in [5.41, 5.74) is 5.83. The molecule has 0 spiro atoms. The van der Waals surface area contributed by atoms with Gasteiger partial charge in [-0.3, -0.25) is 19.1 Å². The van der Waals surface area contributed by atoms with Gasteiger partial charge in [0.25, 0.3) is 5.56 Å². The summed E-state index contributed by atoms with van der Waals surface area (Å²) in [6.07, 6.45) is 0.457. The zero-order valence-corrected chi connectivity index (χ0v) is 14.4. The minimum Gasteiger partial charge on any atom is -0.497 e. The summed E-state index contributed by atoms with van der Waals surface area (Å²) in [6.45, 7) is 0.139. The van der Waals surface area contributed by atoms with Crippen molar-refractivity contribution < 1.29 is 9.53 Å². The molecule has 0 aliphatic heterocycles. The van der Waals surface area contributed by atoms with Crippen LogP contribution in [0, 0.1) is 0 Å². The van der Waals surface area contributed by atoms with Crippen molar-refractivity contribution in [1.82, 2.24) is 9.55 Å². The van der Waals surface area contributed by atoms with Crippen LogP contribution in [0.3, 0.4) is 0 Å². The van der Waals surface area contributed by atoms with Crippen molar-refractivity contribution >= 4 is 27.5 Å². The van der Waals surface area contributed by atoms with Gasteiger partial charge in [0, 0.05) is 23.9 Å². The van der Waals surface area contributed by atoms with Gasteiger partial charge in [-0.1, -0.05) is 12.1 Å². The van der Waals surface area contributed by atoms with Gasteiger partial charge in [-0.25, -0.2) is 4.79 Å². The molecule has 0 fully saturated rings. The molecule has 3 aromatic rings. The van der Waals surface area contributed by atoms with Crippen LogP contribution in [0.25, 0.3) is 21.3 Å². The van der Waals surface area contributed by atoms with E-state index in [4.69, 9.17) is 10.5 Å². The number of nitrogens with zero attached hydrogens (tertiary/aromatic N) is 1. The number of fused-ring (bicyclic) bond motifs is 1. The van der Waals surface area contributed by atoms with Crippen LogP contribution < -0.4 is 21.7 Å². The second kappa shape index (κ2) is 6.94. The molecular formula is C17H17N3O4S. The number of carbonyl (C=O) groups is 1. The number of thiophene rings is 1. The third kappa shape index (κ3) is 3.34. The lowest BCUT2D eigenvalue weighted by Crippen LogP contribution is -2.35. The van der Waals surface area contributed by atoms with E-state index in [0.717, 1.165) is 15.7 Å². The number of ether oxygens (including phenoxy) is 1. The van der Waals surface area contributed by atoms with Crippen LogP contribution in [0.5, 0.6) is 5.75 Å². The van der Waals surface area contributed by atoms with E-state index in [0.29, 0.717) is 22.4 Å². The van der Waals surface area contributed by atoms with Crippen molar-refractivity contribution in [3.8, 4) is 16.9 Å². The highest BCUT2D eigenvalue weighted by Crippen LogP contribution is 2.31. The number of aromatic nitrogens is 2. The number of hydrogen-bond acceptors (Lipinski definition) is 5. The van der Waals surface area contributed by atoms with E-state index in [1.807, 2.05) is 29.6 Å². The van der Waals surface area contributed by atoms with Crippen molar-refractivity contribution in [2.75, 3.05) is 7.11 Å². The van der Waals surface area contributed by atoms with Crippen LogP contribution in [0.15, 0.2) is 39.2 Å². The molecule has 25 heavy (non-hydrogen) atoms. The third-order valence-corrected chi connectivity index (χ3v) is 4.80. The van der Waals surface area contributed by atoms with Gasteiger partial charge in [-0.2, -0.15) is 0 Å². The number of H-pyrrole nitrogens is 1. The number of hydrogen-bond donors (Lipinski definition) is 2. The maximum atomic E-state index is 12.8. The molecule has 0 atom stereocenters. The summed E-state index contributed by atoms with van der Waals surface area (Å²) in [6, 6.07) is 7.38.